The smallest absolute Gasteiger partial charge is 0.306 e. The maximum absolute atomic E-state index is 13.9. The molecule has 1 heterocycles. The van der Waals surface area contributed by atoms with Gasteiger partial charge in [0.15, 0.2) is 0 Å². The van der Waals surface area contributed by atoms with Crippen LogP contribution in [-0.4, -0.2) is 57.0 Å². The molecule has 1 unspecified atom stereocenters. The number of nitrogens with one attached hydrogen (secondary N) is 1. The molecule has 0 aliphatic carbocycles. The Bertz CT molecular complexity index is 1430. The van der Waals surface area contributed by atoms with Crippen molar-refractivity contribution in [1.29, 1.82) is 0 Å². The number of nitrogens with zero attached hydrogens (tertiary/aromatic N) is 2. The lowest BCUT2D eigenvalue weighted by Crippen LogP contribution is -2.32. The van der Waals surface area contributed by atoms with Crippen LogP contribution in [0.3, 0.4) is 0 Å². The minimum atomic E-state index is -0.505. The van der Waals surface area contributed by atoms with E-state index in [9.17, 15) is 14.4 Å². The van der Waals surface area contributed by atoms with E-state index in [0.29, 0.717) is 71.1 Å². The zero-order valence-electron chi connectivity index (χ0n) is 24.3. The van der Waals surface area contributed by atoms with Crippen LogP contribution in [-0.2, 0) is 9.53 Å². The third-order valence-corrected chi connectivity index (χ3v) is 7.29. The van der Waals surface area contributed by atoms with E-state index >= 15 is 0 Å². The Morgan fingerprint density at radius 2 is 1.81 bits per heavy atom. The Kier molecular flexibility index (Phi) is 11.8. The van der Waals surface area contributed by atoms with Gasteiger partial charge in [-0.25, -0.2) is 0 Å². The van der Waals surface area contributed by atoms with Crippen LogP contribution in [0, 0.1) is 6.92 Å². The number of ether oxygens (including phenoxy) is 2. The lowest BCUT2D eigenvalue weighted by Gasteiger charge is -2.25. The Morgan fingerprint density at radius 1 is 1.05 bits per heavy atom. The molecule has 0 fully saturated rings. The summed E-state index contributed by atoms with van der Waals surface area (Å²) in [5.41, 5.74) is 3.63. The first-order valence-corrected chi connectivity index (χ1v) is 14.1. The van der Waals surface area contributed by atoms with Gasteiger partial charge in [0.2, 0.25) is 0 Å². The number of halogens is 2. The predicted octanol–water partition coefficient (Wildman–Crippen LogP) is 6.70. The topological polar surface area (TPSA) is 88.2 Å². The highest BCUT2D eigenvalue weighted by Gasteiger charge is 2.31. The first kappa shape index (κ1) is 32.9. The van der Waals surface area contributed by atoms with Gasteiger partial charge < -0.3 is 24.6 Å². The normalized spacial score (nSPS) is 14.3. The van der Waals surface area contributed by atoms with Crippen LogP contribution in [0.25, 0.3) is 0 Å². The van der Waals surface area contributed by atoms with Crippen LogP contribution >= 0.6 is 24.0 Å². The van der Waals surface area contributed by atoms with Gasteiger partial charge in [-0.3, -0.25) is 14.4 Å². The summed E-state index contributed by atoms with van der Waals surface area (Å²) in [5, 5.41) is 3.38. The number of carbonyl (C=O) groups is 3. The molecule has 8 nitrogen and oxygen atoms in total. The maximum atomic E-state index is 13.9. The number of fused-ring (bicyclic) bond motifs is 1. The molecular formula is C32H37Cl2N3O5. The number of carbonyl (C=O) groups excluding carboxylic acids is 3. The van der Waals surface area contributed by atoms with Gasteiger partial charge >= 0.3 is 5.97 Å². The zero-order chi connectivity index (χ0) is 29.5. The monoisotopic (exact) mass is 613 g/mol. The molecule has 224 valence electrons. The molecule has 0 aromatic heterocycles. The van der Waals surface area contributed by atoms with Crippen molar-refractivity contribution in [3.8, 4) is 5.75 Å². The van der Waals surface area contributed by atoms with Crippen molar-refractivity contribution < 1.29 is 23.9 Å². The molecule has 1 aliphatic heterocycles. The number of methoxy groups -OCH3 is 1. The van der Waals surface area contributed by atoms with E-state index in [4.69, 9.17) is 21.1 Å². The molecule has 1 atom stereocenters. The fraction of sp³-hybridized carbons (Fsp3) is 0.344. The summed E-state index contributed by atoms with van der Waals surface area (Å²) >= 11 is 6.35. The predicted molar refractivity (Wildman–Crippen MR) is 168 cm³/mol. The van der Waals surface area contributed by atoms with Crippen molar-refractivity contribution in [3.63, 3.8) is 0 Å². The number of hydrogen-bond acceptors (Lipinski definition) is 6. The van der Waals surface area contributed by atoms with Crippen LogP contribution in [0.15, 0.2) is 60.7 Å². The zero-order valence-corrected chi connectivity index (χ0v) is 25.9. The average Bonchev–Trinajstić information content (AvgIpc) is 3.11. The van der Waals surface area contributed by atoms with Crippen LogP contribution in [0.4, 0.5) is 11.4 Å². The molecule has 1 N–H and O–H groups in total. The molecule has 2 amide bonds. The number of anilines is 2. The van der Waals surface area contributed by atoms with E-state index < -0.39 is 6.10 Å². The molecule has 4 rings (SSSR count). The molecule has 42 heavy (non-hydrogen) atoms. The van der Waals surface area contributed by atoms with Gasteiger partial charge in [0.05, 0.1) is 18.4 Å². The van der Waals surface area contributed by atoms with Crippen molar-refractivity contribution in [2.45, 2.75) is 38.7 Å². The summed E-state index contributed by atoms with van der Waals surface area (Å²) in [7, 11) is 5.41. The quantitative estimate of drug-likeness (QED) is 0.270. The average molecular weight is 615 g/mol. The molecule has 0 spiro atoms. The highest BCUT2D eigenvalue weighted by atomic mass is 35.5. The fourth-order valence-corrected chi connectivity index (χ4v) is 5.13. The maximum Gasteiger partial charge on any atom is 0.306 e. The van der Waals surface area contributed by atoms with Gasteiger partial charge in [0.25, 0.3) is 11.8 Å². The van der Waals surface area contributed by atoms with Crippen LogP contribution in [0.2, 0.25) is 5.02 Å². The van der Waals surface area contributed by atoms with Gasteiger partial charge in [-0.15, -0.1) is 12.4 Å². The highest BCUT2D eigenvalue weighted by molar-refractivity contribution is 6.30. The number of benzene rings is 3. The van der Waals surface area contributed by atoms with E-state index in [-0.39, 0.29) is 30.2 Å². The van der Waals surface area contributed by atoms with E-state index in [2.05, 4.69) is 5.32 Å². The SMILES string of the molecule is COc1cc(NC(=O)c2ccccc2C)ccc1C(=O)N1CCCC(OC(=O)CCCN(C)C)c2cc(Cl)ccc21.Cl. The van der Waals surface area contributed by atoms with Gasteiger partial charge in [0.1, 0.15) is 11.9 Å². The van der Waals surface area contributed by atoms with Crippen molar-refractivity contribution in [1.82, 2.24) is 4.90 Å². The molecule has 0 radical (unpaired) electrons. The third kappa shape index (κ3) is 8.03. The van der Waals surface area contributed by atoms with Gasteiger partial charge in [-0.05, 0) is 88.8 Å². The minimum Gasteiger partial charge on any atom is -0.496 e. The van der Waals surface area contributed by atoms with Gasteiger partial charge in [-0.2, -0.15) is 0 Å². The highest BCUT2D eigenvalue weighted by Crippen LogP contribution is 2.39. The largest absolute Gasteiger partial charge is 0.496 e. The Hall–Kier alpha value is -3.59. The molecule has 3 aromatic rings. The number of hydrogen-bond donors (Lipinski definition) is 1. The summed E-state index contributed by atoms with van der Waals surface area (Å²) in [5.74, 6) is -0.446. The van der Waals surface area contributed by atoms with Crippen LogP contribution < -0.4 is 15.0 Å². The summed E-state index contributed by atoms with van der Waals surface area (Å²) < 4.78 is 11.5. The van der Waals surface area contributed by atoms with Crippen molar-refractivity contribution >= 4 is 53.2 Å². The van der Waals surface area contributed by atoms with Crippen LogP contribution in [0.1, 0.15) is 63.6 Å². The lowest BCUT2D eigenvalue weighted by molar-refractivity contribution is -0.150. The molecule has 0 saturated heterocycles. The van der Waals surface area contributed by atoms with Gasteiger partial charge in [-0.1, -0.05) is 29.8 Å². The summed E-state index contributed by atoms with van der Waals surface area (Å²) in [6.45, 7) is 3.10. The first-order chi connectivity index (χ1) is 19.7. The van der Waals surface area contributed by atoms with Crippen molar-refractivity contribution in [2.75, 3.05) is 44.5 Å². The molecule has 0 bridgehead atoms. The van der Waals surface area contributed by atoms with E-state index in [1.54, 1.807) is 47.4 Å². The second kappa shape index (κ2) is 15.0. The molecule has 1 aliphatic rings. The number of esters is 1. The van der Waals surface area contributed by atoms with Crippen molar-refractivity contribution in [2.24, 2.45) is 0 Å². The van der Waals surface area contributed by atoms with Crippen LogP contribution in [0.5, 0.6) is 5.75 Å². The minimum absolute atomic E-state index is 0. The fourth-order valence-electron chi connectivity index (χ4n) is 4.95. The Morgan fingerprint density at radius 3 is 2.52 bits per heavy atom. The van der Waals surface area contributed by atoms with E-state index in [0.717, 1.165) is 12.1 Å². The molecule has 3 aromatic carbocycles. The second-order valence-corrected chi connectivity index (χ2v) is 10.8. The Balaban J connectivity index is 0.00000484. The standard InChI is InChI=1S/C32H36ClN3O5.ClH/c1-21-9-5-6-10-24(21)31(38)34-23-14-15-25(29(20-23)40-4)32(39)36-18-7-11-28(26-19-22(33)13-16-27(26)36)41-30(37)12-8-17-35(2)3;/h5-6,9-10,13-16,19-20,28H,7-8,11-12,17-18H2,1-4H3,(H,34,38);1H. The lowest BCUT2D eigenvalue weighted by atomic mass is 10.0. The number of amides is 2. The molecule has 10 heteroatoms. The molecular weight excluding hydrogens is 577 g/mol. The third-order valence-electron chi connectivity index (χ3n) is 7.06. The van der Waals surface area contributed by atoms with Gasteiger partial charge in [0, 0.05) is 40.9 Å². The summed E-state index contributed by atoms with van der Waals surface area (Å²) in [6, 6.07) is 17.6. The second-order valence-electron chi connectivity index (χ2n) is 10.4. The van der Waals surface area contributed by atoms with E-state index in [1.807, 2.05) is 44.1 Å². The summed E-state index contributed by atoms with van der Waals surface area (Å²) in [4.78, 5) is 43.1. The first-order valence-electron chi connectivity index (χ1n) is 13.7. The number of aryl methyl sites for hydroxylation is 1. The van der Waals surface area contributed by atoms with Crippen molar-refractivity contribution in [3.05, 3.63) is 87.9 Å². The molecule has 0 saturated carbocycles. The number of rotatable bonds is 9. The summed E-state index contributed by atoms with van der Waals surface area (Å²) in [6.07, 6.45) is 1.71. The van der Waals surface area contributed by atoms with E-state index in [1.165, 1.54) is 7.11 Å². The Labute approximate surface area is 258 Å².